The minimum Gasteiger partial charge on any atom is -0.508 e. The lowest BCUT2D eigenvalue weighted by Crippen LogP contribution is -2.19. The number of hydrogen-bond donors (Lipinski definition) is 1. The van der Waals surface area contributed by atoms with Crippen molar-refractivity contribution < 1.29 is 9.84 Å². The van der Waals surface area contributed by atoms with E-state index in [1.54, 1.807) is 12.1 Å². The molecule has 1 N–H and O–H groups in total. The summed E-state index contributed by atoms with van der Waals surface area (Å²) in [6.07, 6.45) is 1.23. The molecule has 0 aliphatic carbocycles. The van der Waals surface area contributed by atoms with Gasteiger partial charge in [0.2, 0.25) is 0 Å². The van der Waals surface area contributed by atoms with E-state index < -0.39 is 0 Å². The minimum atomic E-state index is 0.272. The van der Waals surface area contributed by atoms with Crippen molar-refractivity contribution in [2.75, 3.05) is 0 Å². The summed E-state index contributed by atoms with van der Waals surface area (Å²) in [5.41, 5.74) is 3.62. The van der Waals surface area contributed by atoms with E-state index in [0.29, 0.717) is 11.7 Å². The molecule has 0 aromatic heterocycles. The van der Waals surface area contributed by atoms with Gasteiger partial charge < -0.3 is 9.84 Å². The van der Waals surface area contributed by atoms with Crippen LogP contribution in [-0.4, -0.2) is 11.2 Å². The van der Waals surface area contributed by atoms with Gasteiger partial charge in [-0.05, 0) is 35.2 Å². The largest absolute Gasteiger partial charge is 0.508 e. The first-order chi connectivity index (χ1) is 9.15. The predicted molar refractivity (Wildman–Crippen MR) is 76.5 cm³/mol. The van der Waals surface area contributed by atoms with Crippen LogP contribution in [0.4, 0.5) is 0 Å². The van der Waals surface area contributed by atoms with Gasteiger partial charge in [0.05, 0.1) is 0 Å². The third-order valence-corrected chi connectivity index (χ3v) is 3.74. The molecule has 0 radical (unpaired) electrons. The summed E-state index contributed by atoms with van der Waals surface area (Å²) in [5, 5.41) is 9.39. The van der Waals surface area contributed by atoms with Crippen molar-refractivity contribution in [1.29, 1.82) is 0 Å². The number of hydrogen-bond acceptors (Lipinski definition) is 2. The number of phenolic OH excluding ortho intramolecular Hbond substituents is 1. The molecule has 98 valence electrons. The average molecular weight is 254 g/mol. The third kappa shape index (κ3) is 2.19. The van der Waals surface area contributed by atoms with Crippen LogP contribution in [0.15, 0.2) is 42.5 Å². The van der Waals surface area contributed by atoms with Crippen LogP contribution in [0.1, 0.15) is 19.4 Å². The van der Waals surface area contributed by atoms with Crippen LogP contribution in [-0.2, 0) is 6.42 Å². The molecule has 0 fully saturated rings. The Kier molecular flexibility index (Phi) is 2.94. The SMILES string of the molecule is CC(C)C1Cc2c(cccc2-c2ccc(O)cc2)O1. The molecule has 2 nitrogen and oxygen atoms in total. The van der Waals surface area contributed by atoms with Crippen LogP contribution in [0.3, 0.4) is 0 Å². The normalized spacial score (nSPS) is 17.3. The van der Waals surface area contributed by atoms with Gasteiger partial charge >= 0.3 is 0 Å². The number of rotatable bonds is 2. The van der Waals surface area contributed by atoms with Gasteiger partial charge in [-0.3, -0.25) is 0 Å². The van der Waals surface area contributed by atoms with E-state index in [2.05, 4.69) is 19.9 Å². The lowest BCUT2D eigenvalue weighted by atomic mass is 9.94. The Morgan fingerprint density at radius 3 is 2.53 bits per heavy atom. The molecule has 1 aliphatic rings. The van der Waals surface area contributed by atoms with E-state index in [1.807, 2.05) is 24.3 Å². The molecule has 2 heteroatoms. The van der Waals surface area contributed by atoms with E-state index in [4.69, 9.17) is 4.74 Å². The molecule has 1 aliphatic heterocycles. The summed E-state index contributed by atoms with van der Waals surface area (Å²) in [5.74, 6) is 1.82. The maximum absolute atomic E-state index is 9.39. The van der Waals surface area contributed by atoms with Gasteiger partial charge in [-0.2, -0.15) is 0 Å². The number of fused-ring (bicyclic) bond motifs is 1. The smallest absolute Gasteiger partial charge is 0.123 e. The lowest BCUT2D eigenvalue weighted by Gasteiger charge is -2.13. The van der Waals surface area contributed by atoms with Crippen molar-refractivity contribution in [3.05, 3.63) is 48.0 Å². The van der Waals surface area contributed by atoms with Crippen LogP contribution in [0, 0.1) is 5.92 Å². The molecule has 0 spiro atoms. The molecular formula is C17H18O2. The van der Waals surface area contributed by atoms with Gasteiger partial charge in [-0.1, -0.05) is 38.1 Å². The Labute approximate surface area is 113 Å². The van der Waals surface area contributed by atoms with E-state index in [1.165, 1.54) is 11.1 Å². The van der Waals surface area contributed by atoms with Crippen molar-refractivity contribution >= 4 is 0 Å². The highest BCUT2D eigenvalue weighted by atomic mass is 16.5. The second kappa shape index (κ2) is 4.61. The average Bonchev–Trinajstić information content (AvgIpc) is 2.83. The highest BCUT2D eigenvalue weighted by molar-refractivity contribution is 5.71. The molecule has 1 heterocycles. The fraction of sp³-hybridized carbons (Fsp3) is 0.294. The number of benzene rings is 2. The summed E-state index contributed by atoms with van der Waals surface area (Å²) in [6.45, 7) is 4.38. The Bertz CT molecular complexity index is 585. The summed E-state index contributed by atoms with van der Waals surface area (Å²) in [7, 11) is 0. The second-order valence-electron chi connectivity index (χ2n) is 5.43. The molecule has 1 unspecified atom stereocenters. The van der Waals surface area contributed by atoms with Gasteiger partial charge in [0.1, 0.15) is 17.6 Å². The molecule has 2 aromatic rings. The monoisotopic (exact) mass is 254 g/mol. The standard InChI is InChI=1S/C17H18O2/c1-11(2)17-10-15-14(4-3-5-16(15)19-17)12-6-8-13(18)9-7-12/h3-9,11,17-18H,10H2,1-2H3. The summed E-state index contributed by atoms with van der Waals surface area (Å²) in [4.78, 5) is 0. The molecule has 0 saturated heterocycles. The van der Waals surface area contributed by atoms with Crippen LogP contribution in [0.5, 0.6) is 11.5 Å². The van der Waals surface area contributed by atoms with E-state index in [9.17, 15) is 5.11 Å². The molecule has 3 rings (SSSR count). The summed E-state index contributed by atoms with van der Waals surface area (Å²) < 4.78 is 6.00. The highest BCUT2D eigenvalue weighted by Crippen LogP contribution is 2.38. The second-order valence-corrected chi connectivity index (χ2v) is 5.43. The molecule has 2 aromatic carbocycles. The molecule has 19 heavy (non-hydrogen) atoms. The zero-order chi connectivity index (χ0) is 13.4. The molecule has 1 atom stereocenters. The van der Waals surface area contributed by atoms with E-state index in [-0.39, 0.29) is 6.10 Å². The quantitative estimate of drug-likeness (QED) is 0.877. The Hall–Kier alpha value is -1.96. The first-order valence-corrected chi connectivity index (χ1v) is 6.73. The zero-order valence-corrected chi connectivity index (χ0v) is 11.3. The van der Waals surface area contributed by atoms with Crippen LogP contribution >= 0.6 is 0 Å². The lowest BCUT2D eigenvalue weighted by molar-refractivity contribution is 0.179. The first-order valence-electron chi connectivity index (χ1n) is 6.73. The zero-order valence-electron chi connectivity index (χ0n) is 11.3. The van der Waals surface area contributed by atoms with Crippen LogP contribution in [0.2, 0.25) is 0 Å². The van der Waals surface area contributed by atoms with E-state index in [0.717, 1.165) is 17.7 Å². The molecule has 0 saturated carbocycles. The first kappa shape index (κ1) is 12.1. The van der Waals surface area contributed by atoms with Crippen molar-refractivity contribution in [1.82, 2.24) is 0 Å². The van der Waals surface area contributed by atoms with Crippen molar-refractivity contribution in [3.63, 3.8) is 0 Å². The predicted octanol–water partition coefficient (Wildman–Crippen LogP) is 4.02. The maximum atomic E-state index is 9.39. The fourth-order valence-electron chi connectivity index (χ4n) is 2.58. The van der Waals surface area contributed by atoms with Gasteiger partial charge in [-0.25, -0.2) is 0 Å². The van der Waals surface area contributed by atoms with Crippen LogP contribution in [0.25, 0.3) is 11.1 Å². The molecule has 0 amide bonds. The Morgan fingerprint density at radius 1 is 1.11 bits per heavy atom. The van der Waals surface area contributed by atoms with Crippen molar-refractivity contribution in [2.24, 2.45) is 5.92 Å². The number of ether oxygens (including phenoxy) is 1. The number of aromatic hydroxyl groups is 1. The van der Waals surface area contributed by atoms with E-state index >= 15 is 0 Å². The Morgan fingerprint density at radius 2 is 1.84 bits per heavy atom. The van der Waals surface area contributed by atoms with Crippen molar-refractivity contribution in [2.45, 2.75) is 26.4 Å². The van der Waals surface area contributed by atoms with Crippen LogP contribution < -0.4 is 4.74 Å². The maximum Gasteiger partial charge on any atom is 0.123 e. The summed E-state index contributed by atoms with van der Waals surface area (Å²) >= 11 is 0. The highest BCUT2D eigenvalue weighted by Gasteiger charge is 2.27. The Balaban J connectivity index is 2.02. The summed E-state index contributed by atoms with van der Waals surface area (Å²) in [6, 6.07) is 13.6. The molecular weight excluding hydrogens is 236 g/mol. The van der Waals surface area contributed by atoms with Gasteiger partial charge in [0.15, 0.2) is 0 Å². The van der Waals surface area contributed by atoms with Crippen molar-refractivity contribution in [3.8, 4) is 22.6 Å². The fourth-order valence-corrected chi connectivity index (χ4v) is 2.58. The molecule has 0 bridgehead atoms. The third-order valence-electron chi connectivity index (χ3n) is 3.74. The minimum absolute atomic E-state index is 0.272. The van der Waals surface area contributed by atoms with Gasteiger partial charge in [-0.15, -0.1) is 0 Å². The topological polar surface area (TPSA) is 29.5 Å². The van der Waals surface area contributed by atoms with Gasteiger partial charge in [0.25, 0.3) is 0 Å². The van der Waals surface area contributed by atoms with Gasteiger partial charge in [0, 0.05) is 12.0 Å². The number of phenols is 1.